The molecule has 9 heteroatoms. The maximum Gasteiger partial charge on any atom is 0.337 e. The van der Waals surface area contributed by atoms with E-state index in [1.807, 2.05) is 0 Å². The fourth-order valence-corrected chi connectivity index (χ4v) is 2.09. The number of furan rings is 1. The molecule has 0 saturated heterocycles. The van der Waals surface area contributed by atoms with E-state index in [0.29, 0.717) is 5.76 Å². The minimum absolute atomic E-state index is 0.0408. The molecule has 0 aliphatic carbocycles. The Bertz CT molecular complexity index is 864. The van der Waals surface area contributed by atoms with Crippen LogP contribution in [0.15, 0.2) is 47.1 Å². The maximum absolute atomic E-state index is 12.0. The molecule has 1 N–H and O–H groups in total. The molecule has 1 amide bonds. The molecule has 0 aliphatic heterocycles. The Kier molecular flexibility index (Phi) is 7.09. The monoisotopic (exact) mass is 387 g/mol. The van der Waals surface area contributed by atoms with Gasteiger partial charge >= 0.3 is 17.9 Å². The largest absolute Gasteiger partial charge is 0.465 e. The summed E-state index contributed by atoms with van der Waals surface area (Å²) in [6.07, 6.45) is 3.95. The third-order valence-corrected chi connectivity index (χ3v) is 3.33. The van der Waals surface area contributed by atoms with Crippen LogP contribution in [0, 0.1) is 0 Å². The van der Waals surface area contributed by atoms with Gasteiger partial charge in [-0.05, 0) is 36.4 Å². The number of carbonyl (C=O) groups is 4. The van der Waals surface area contributed by atoms with E-state index in [-0.39, 0.29) is 16.8 Å². The Morgan fingerprint density at radius 1 is 1.04 bits per heavy atom. The molecule has 0 aliphatic rings. The molecule has 9 nitrogen and oxygen atoms in total. The summed E-state index contributed by atoms with van der Waals surface area (Å²) >= 11 is 0. The average Bonchev–Trinajstić information content (AvgIpc) is 3.22. The third kappa shape index (κ3) is 5.84. The smallest absolute Gasteiger partial charge is 0.337 e. The topological polar surface area (TPSA) is 121 Å². The van der Waals surface area contributed by atoms with Crippen molar-refractivity contribution in [1.29, 1.82) is 0 Å². The van der Waals surface area contributed by atoms with Crippen molar-refractivity contribution in [3.8, 4) is 0 Å². The molecule has 2 aromatic rings. The average molecular weight is 387 g/mol. The van der Waals surface area contributed by atoms with Crippen LogP contribution in [0.4, 0.5) is 5.69 Å². The van der Waals surface area contributed by atoms with Crippen molar-refractivity contribution in [3.05, 3.63) is 59.6 Å². The third-order valence-electron chi connectivity index (χ3n) is 3.33. The molecule has 0 radical (unpaired) electrons. The molecule has 0 fully saturated rings. The number of rotatable bonds is 7. The molecule has 28 heavy (non-hydrogen) atoms. The SMILES string of the molecule is COC(=O)c1cc(NC(=O)COC(=O)/C=C/c2ccco2)cc(C(=O)OC)c1. The van der Waals surface area contributed by atoms with Crippen molar-refractivity contribution in [2.45, 2.75) is 0 Å². The standard InChI is InChI=1S/C19H17NO8/c1-25-18(23)12-8-13(19(24)26-2)10-14(9-12)20-16(21)11-28-17(22)6-5-15-4-3-7-27-15/h3-10H,11H2,1-2H3,(H,20,21)/b6-5+. The number of esters is 3. The Hall–Kier alpha value is -3.88. The number of anilines is 1. The normalized spacial score (nSPS) is 10.4. The van der Waals surface area contributed by atoms with Crippen molar-refractivity contribution in [2.75, 3.05) is 26.1 Å². The van der Waals surface area contributed by atoms with Gasteiger partial charge in [0.1, 0.15) is 5.76 Å². The lowest BCUT2D eigenvalue weighted by atomic mass is 10.1. The van der Waals surface area contributed by atoms with Crippen molar-refractivity contribution >= 4 is 35.6 Å². The summed E-state index contributed by atoms with van der Waals surface area (Å²) in [6.45, 7) is -0.572. The molecular formula is C19H17NO8. The van der Waals surface area contributed by atoms with E-state index in [1.165, 1.54) is 44.8 Å². The van der Waals surface area contributed by atoms with Gasteiger partial charge < -0.3 is 23.9 Å². The molecule has 0 spiro atoms. The zero-order chi connectivity index (χ0) is 20.5. The number of hydrogen-bond acceptors (Lipinski definition) is 8. The van der Waals surface area contributed by atoms with E-state index in [9.17, 15) is 19.2 Å². The summed E-state index contributed by atoms with van der Waals surface area (Å²) in [5.74, 6) is -2.36. The van der Waals surface area contributed by atoms with Crippen LogP contribution in [0.3, 0.4) is 0 Å². The highest BCUT2D eigenvalue weighted by atomic mass is 16.5. The second kappa shape index (κ2) is 9.72. The van der Waals surface area contributed by atoms with Gasteiger partial charge in [0.05, 0.1) is 31.6 Å². The highest BCUT2D eigenvalue weighted by Gasteiger charge is 2.15. The van der Waals surface area contributed by atoms with Crippen LogP contribution < -0.4 is 5.32 Å². The Balaban J connectivity index is 2.01. The minimum Gasteiger partial charge on any atom is -0.465 e. The summed E-state index contributed by atoms with van der Waals surface area (Å²) in [4.78, 5) is 47.0. The van der Waals surface area contributed by atoms with Crippen LogP contribution in [0.1, 0.15) is 26.5 Å². The summed E-state index contributed by atoms with van der Waals surface area (Å²) in [5, 5.41) is 2.43. The number of amides is 1. The van der Waals surface area contributed by atoms with Gasteiger partial charge in [-0.1, -0.05) is 0 Å². The molecule has 1 heterocycles. The van der Waals surface area contributed by atoms with E-state index < -0.39 is 30.4 Å². The molecule has 1 aromatic heterocycles. The Morgan fingerprint density at radius 2 is 1.68 bits per heavy atom. The predicted molar refractivity (Wildman–Crippen MR) is 96.5 cm³/mol. The van der Waals surface area contributed by atoms with Gasteiger partial charge in [-0.15, -0.1) is 0 Å². The highest BCUT2D eigenvalue weighted by Crippen LogP contribution is 2.17. The van der Waals surface area contributed by atoms with Crippen molar-refractivity contribution < 1.29 is 37.8 Å². The zero-order valence-electron chi connectivity index (χ0n) is 15.1. The molecule has 2 rings (SSSR count). The van der Waals surface area contributed by atoms with E-state index in [2.05, 4.69) is 14.8 Å². The first kappa shape index (κ1) is 20.4. The van der Waals surface area contributed by atoms with E-state index in [1.54, 1.807) is 12.1 Å². The maximum atomic E-state index is 12.0. The summed E-state index contributed by atoms with van der Waals surface area (Å²) in [7, 11) is 2.36. The number of methoxy groups -OCH3 is 2. The molecule has 0 unspecified atom stereocenters. The first-order chi connectivity index (χ1) is 13.4. The second-order valence-corrected chi connectivity index (χ2v) is 5.29. The molecule has 0 bridgehead atoms. The lowest BCUT2D eigenvalue weighted by molar-refractivity contribution is -0.142. The Morgan fingerprint density at radius 3 is 2.21 bits per heavy atom. The Labute approximate surface area is 159 Å². The van der Waals surface area contributed by atoms with Crippen LogP contribution in [-0.4, -0.2) is 44.6 Å². The van der Waals surface area contributed by atoms with Gasteiger partial charge in [0.2, 0.25) is 0 Å². The number of carbonyl (C=O) groups excluding carboxylic acids is 4. The fraction of sp³-hybridized carbons (Fsp3) is 0.158. The quantitative estimate of drug-likeness (QED) is 0.435. The van der Waals surface area contributed by atoms with Crippen molar-refractivity contribution in [1.82, 2.24) is 0 Å². The van der Waals surface area contributed by atoms with E-state index in [4.69, 9.17) is 9.15 Å². The summed E-state index contributed by atoms with van der Waals surface area (Å²) < 4.78 is 19.1. The molecule has 0 atom stereocenters. The first-order valence-corrected chi connectivity index (χ1v) is 7.93. The number of hydrogen-bond donors (Lipinski definition) is 1. The minimum atomic E-state index is -0.745. The molecule has 1 aromatic carbocycles. The van der Waals surface area contributed by atoms with Gasteiger partial charge in [0.15, 0.2) is 6.61 Å². The summed E-state index contributed by atoms with van der Waals surface area (Å²) in [5.41, 5.74) is 0.216. The zero-order valence-corrected chi connectivity index (χ0v) is 15.1. The van der Waals surface area contributed by atoms with Crippen molar-refractivity contribution in [3.63, 3.8) is 0 Å². The number of benzene rings is 1. The molecule has 146 valence electrons. The van der Waals surface area contributed by atoms with Gasteiger partial charge in [-0.2, -0.15) is 0 Å². The number of nitrogens with one attached hydrogen (secondary N) is 1. The highest BCUT2D eigenvalue weighted by molar-refractivity contribution is 6.00. The van der Waals surface area contributed by atoms with E-state index >= 15 is 0 Å². The van der Waals surface area contributed by atoms with Crippen LogP contribution in [0.25, 0.3) is 6.08 Å². The lowest BCUT2D eigenvalue weighted by Crippen LogP contribution is -2.20. The van der Waals surface area contributed by atoms with Gasteiger partial charge in [-0.25, -0.2) is 14.4 Å². The predicted octanol–water partition coefficient (Wildman–Crippen LogP) is 2.05. The van der Waals surface area contributed by atoms with Gasteiger partial charge in [0, 0.05) is 11.8 Å². The lowest BCUT2D eigenvalue weighted by Gasteiger charge is -2.09. The second-order valence-electron chi connectivity index (χ2n) is 5.29. The number of ether oxygens (including phenoxy) is 3. The van der Waals surface area contributed by atoms with Gasteiger partial charge in [0.25, 0.3) is 5.91 Å². The van der Waals surface area contributed by atoms with Gasteiger partial charge in [-0.3, -0.25) is 4.79 Å². The van der Waals surface area contributed by atoms with Crippen molar-refractivity contribution in [2.24, 2.45) is 0 Å². The molecular weight excluding hydrogens is 370 g/mol. The van der Waals surface area contributed by atoms with Crippen LogP contribution in [0.5, 0.6) is 0 Å². The first-order valence-electron chi connectivity index (χ1n) is 7.93. The molecule has 0 saturated carbocycles. The summed E-state index contributed by atoms with van der Waals surface area (Å²) in [6, 6.07) is 7.20. The van der Waals surface area contributed by atoms with Crippen LogP contribution >= 0.6 is 0 Å². The van der Waals surface area contributed by atoms with Crippen LogP contribution in [-0.2, 0) is 23.8 Å². The fourth-order valence-electron chi connectivity index (χ4n) is 2.09. The van der Waals surface area contributed by atoms with E-state index in [0.717, 1.165) is 6.08 Å². The van der Waals surface area contributed by atoms with Crippen LogP contribution in [0.2, 0.25) is 0 Å².